The van der Waals surface area contributed by atoms with Crippen LogP contribution in [-0.2, 0) is 0 Å². The predicted molar refractivity (Wildman–Crippen MR) is 69.6 cm³/mol. The molecule has 0 aliphatic heterocycles. The lowest BCUT2D eigenvalue weighted by Crippen LogP contribution is -2.28. The maximum absolute atomic E-state index is 5.63. The number of nitrogens with one attached hydrogen (secondary N) is 1. The van der Waals surface area contributed by atoms with Crippen LogP contribution in [0.1, 0.15) is 17.2 Å². The molecule has 90 valence electrons. The van der Waals surface area contributed by atoms with Crippen molar-refractivity contribution in [2.24, 2.45) is 5.84 Å². The molecule has 3 N–H and O–H groups in total. The number of fused-ring (bicyclic) bond motifs is 1. The minimum Gasteiger partial charge on any atom is -0.472 e. The molecule has 0 bridgehead atoms. The molecule has 3 aromatic rings. The van der Waals surface area contributed by atoms with E-state index in [0.717, 1.165) is 22.0 Å². The topological polar surface area (TPSA) is 64.1 Å². The Balaban J connectivity index is 2.07. The minimum absolute atomic E-state index is 0.0878. The highest BCUT2D eigenvalue weighted by Crippen LogP contribution is 2.24. The Hall–Kier alpha value is -2.17. The lowest BCUT2D eigenvalue weighted by molar-refractivity contribution is 0.553. The van der Waals surface area contributed by atoms with Crippen molar-refractivity contribution in [2.75, 3.05) is 0 Å². The number of hydrogen-bond acceptors (Lipinski definition) is 4. The van der Waals surface area contributed by atoms with Gasteiger partial charge in [-0.2, -0.15) is 0 Å². The zero-order chi connectivity index (χ0) is 12.4. The minimum atomic E-state index is -0.0878. The number of furan rings is 1. The van der Waals surface area contributed by atoms with Crippen LogP contribution in [0.25, 0.3) is 10.9 Å². The zero-order valence-electron chi connectivity index (χ0n) is 9.71. The van der Waals surface area contributed by atoms with E-state index in [1.807, 2.05) is 36.4 Å². The number of rotatable bonds is 3. The van der Waals surface area contributed by atoms with Crippen molar-refractivity contribution >= 4 is 10.9 Å². The lowest BCUT2D eigenvalue weighted by Gasteiger charge is -2.14. The zero-order valence-corrected chi connectivity index (χ0v) is 9.71. The van der Waals surface area contributed by atoms with Gasteiger partial charge in [-0.15, -0.1) is 0 Å². The molecule has 0 fully saturated rings. The molecule has 0 aliphatic rings. The summed E-state index contributed by atoms with van der Waals surface area (Å²) < 4.78 is 5.10. The first-order valence-electron chi connectivity index (χ1n) is 5.71. The molecule has 1 aromatic carbocycles. The lowest BCUT2D eigenvalue weighted by atomic mass is 10.0. The highest BCUT2D eigenvalue weighted by molar-refractivity contribution is 5.79. The van der Waals surface area contributed by atoms with Crippen LogP contribution in [0.4, 0.5) is 0 Å². The molecule has 0 aliphatic carbocycles. The van der Waals surface area contributed by atoms with Gasteiger partial charge in [-0.1, -0.05) is 18.2 Å². The monoisotopic (exact) mass is 239 g/mol. The third-order valence-corrected chi connectivity index (χ3v) is 3.01. The summed E-state index contributed by atoms with van der Waals surface area (Å²) in [6.07, 6.45) is 5.11. The van der Waals surface area contributed by atoms with Gasteiger partial charge in [0.1, 0.15) is 0 Å². The molecular formula is C14H13N3O. The third kappa shape index (κ3) is 1.88. The van der Waals surface area contributed by atoms with Gasteiger partial charge in [0.15, 0.2) is 0 Å². The van der Waals surface area contributed by atoms with Crippen LogP contribution in [0.15, 0.2) is 59.5 Å². The van der Waals surface area contributed by atoms with E-state index in [9.17, 15) is 0 Å². The molecule has 3 rings (SSSR count). The molecule has 2 aromatic heterocycles. The van der Waals surface area contributed by atoms with E-state index in [1.165, 1.54) is 0 Å². The summed E-state index contributed by atoms with van der Waals surface area (Å²) in [6, 6.07) is 11.9. The highest BCUT2D eigenvalue weighted by atomic mass is 16.3. The van der Waals surface area contributed by atoms with Crippen molar-refractivity contribution in [1.29, 1.82) is 0 Å². The van der Waals surface area contributed by atoms with Gasteiger partial charge in [-0.25, -0.2) is 5.43 Å². The fourth-order valence-electron chi connectivity index (χ4n) is 2.09. The average molecular weight is 239 g/mol. The summed E-state index contributed by atoms with van der Waals surface area (Å²) in [5, 5.41) is 1.12. The van der Waals surface area contributed by atoms with E-state index in [4.69, 9.17) is 10.3 Å². The van der Waals surface area contributed by atoms with Gasteiger partial charge in [0, 0.05) is 17.1 Å². The molecular weight excluding hydrogens is 226 g/mol. The maximum Gasteiger partial charge on any atom is 0.0954 e. The number of nitrogens with zero attached hydrogens (tertiary/aromatic N) is 1. The SMILES string of the molecule is NNC(c1ccoc1)c1ccc2cccnc2c1. The van der Waals surface area contributed by atoms with Crippen LogP contribution in [0.3, 0.4) is 0 Å². The number of hydrazine groups is 1. The van der Waals surface area contributed by atoms with E-state index >= 15 is 0 Å². The number of nitrogens with two attached hydrogens (primary N) is 1. The van der Waals surface area contributed by atoms with E-state index in [0.29, 0.717) is 0 Å². The predicted octanol–water partition coefficient (Wildman–Crippen LogP) is 2.38. The molecule has 0 saturated heterocycles. The Labute approximate surface area is 104 Å². The first kappa shape index (κ1) is 11.0. The van der Waals surface area contributed by atoms with Crippen LogP contribution in [0.2, 0.25) is 0 Å². The quantitative estimate of drug-likeness (QED) is 0.544. The smallest absolute Gasteiger partial charge is 0.0954 e. The van der Waals surface area contributed by atoms with Crippen molar-refractivity contribution in [3.8, 4) is 0 Å². The molecule has 4 nitrogen and oxygen atoms in total. The number of pyridine rings is 1. The summed E-state index contributed by atoms with van der Waals surface area (Å²) >= 11 is 0. The Morgan fingerprint density at radius 3 is 2.89 bits per heavy atom. The molecule has 4 heteroatoms. The first-order chi connectivity index (χ1) is 8.88. The fourth-order valence-corrected chi connectivity index (χ4v) is 2.09. The van der Waals surface area contributed by atoms with Crippen LogP contribution >= 0.6 is 0 Å². The van der Waals surface area contributed by atoms with Gasteiger partial charge in [0.05, 0.1) is 24.1 Å². The Morgan fingerprint density at radius 1 is 1.17 bits per heavy atom. The highest BCUT2D eigenvalue weighted by Gasteiger charge is 2.13. The van der Waals surface area contributed by atoms with E-state index in [1.54, 1.807) is 18.7 Å². The van der Waals surface area contributed by atoms with E-state index in [-0.39, 0.29) is 6.04 Å². The fraction of sp³-hybridized carbons (Fsp3) is 0.0714. The number of aromatic nitrogens is 1. The molecule has 0 spiro atoms. The van der Waals surface area contributed by atoms with Crippen LogP contribution in [0, 0.1) is 0 Å². The van der Waals surface area contributed by atoms with Crippen molar-refractivity contribution in [1.82, 2.24) is 10.4 Å². The van der Waals surface area contributed by atoms with E-state index in [2.05, 4.69) is 10.4 Å². The Morgan fingerprint density at radius 2 is 2.11 bits per heavy atom. The Bertz CT molecular complexity index is 649. The number of benzene rings is 1. The van der Waals surface area contributed by atoms with E-state index < -0.39 is 0 Å². The van der Waals surface area contributed by atoms with Gasteiger partial charge >= 0.3 is 0 Å². The third-order valence-electron chi connectivity index (χ3n) is 3.01. The van der Waals surface area contributed by atoms with Gasteiger partial charge in [0.2, 0.25) is 0 Å². The van der Waals surface area contributed by atoms with Crippen molar-refractivity contribution < 1.29 is 4.42 Å². The largest absolute Gasteiger partial charge is 0.472 e. The van der Waals surface area contributed by atoms with Crippen molar-refractivity contribution in [2.45, 2.75) is 6.04 Å². The normalized spacial score (nSPS) is 12.7. The second kappa shape index (κ2) is 4.60. The first-order valence-corrected chi connectivity index (χ1v) is 5.71. The van der Waals surface area contributed by atoms with Crippen LogP contribution in [0.5, 0.6) is 0 Å². The summed E-state index contributed by atoms with van der Waals surface area (Å²) in [7, 11) is 0. The average Bonchev–Trinajstić information content (AvgIpc) is 2.93. The summed E-state index contributed by atoms with van der Waals surface area (Å²) in [5.74, 6) is 5.63. The molecule has 1 unspecified atom stereocenters. The second-order valence-corrected chi connectivity index (χ2v) is 4.11. The standard InChI is InChI=1S/C14H13N3O/c15-17-14(12-5-7-18-9-12)11-4-3-10-2-1-6-16-13(10)8-11/h1-9,14,17H,15H2. The maximum atomic E-state index is 5.63. The van der Waals surface area contributed by atoms with Crippen LogP contribution in [-0.4, -0.2) is 4.98 Å². The molecule has 0 amide bonds. The molecule has 2 heterocycles. The van der Waals surface area contributed by atoms with Crippen LogP contribution < -0.4 is 11.3 Å². The van der Waals surface area contributed by atoms with Crippen molar-refractivity contribution in [3.05, 3.63) is 66.2 Å². The summed E-state index contributed by atoms with van der Waals surface area (Å²) in [6.45, 7) is 0. The Kier molecular flexibility index (Phi) is 2.80. The van der Waals surface area contributed by atoms with Gasteiger partial charge in [-0.05, 0) is 23.8 Å². The molecule has 0 radical (unpaired) electrons. The van der Waals surface area contributed by atoms with Gasteiger partial charge in [0.25, 0.3) is 0 Å². The van der Waals surface area contributed by atoms with Gasteiger partial charge in [-0.3, -0.25) is 10.8 Å². The van der Waals surface area contributed by atoms with Crippen molar-refractivity contribution in [3.63, 3.8) is 0 Å². The summed E-state index contributed by atoms with van der Waals surface area (Å²) in [4.78, 5) is 4.35. The molecule has 18 heavy (non-hydrogen) atoms. The summed E-state index contributed by atoms with van der Waals surface area (Å²) in [5.41, 5.74) is 5.81. The van der Waals surface area contributed by atoms with Gasteiger partial charge < -0.3 is 4.42 Å². The molecule has 1 atom stereocenters. The molecule has 0 saturated carbocycles. The number of hydrogen-bond donors (Lipinski definition) is 2. The second-order valence-electron chi connectivity index (χ2n) is 4.11.